The van der Waals surface area contributed by atoms with Gasteiger partial charge in [0.15, 0.2) is 0 Å². The monoisotopic (exact) mass is 305 g/mol. The van der Waals surface area contributed by atoms with Crippen molar-refractivity contribution in [1.29, 1.82) is 0 Å². The Morgan fingerprint density at radius 1 is 1.33 bits per heavy atom. The molecule has 1 amide bonds. The van der Waals surface area contributed by atoms with E-state index in [0.717, 1.165) is 4.90 Å². The Kier molecular flexibility index (Phi) is 5.16. The van der Waals surface area contributed by atoms with Crippen molar-refractivity contribution in [3.05, 3.63) is 48.5 Å². The van der Waals surface area contributed by atoms with Gasteiger partial charge in [0.2, 0.25) is 5.91 Å². The van der Waals surface area contributed by atoms with Crippen LogP contribution in [-0.4, -0.2) is 23.2 Å². The highest BCUT2D eigenvalue weighted by Gasteiger charge is 2.14. The quantitative estimate of drug-likeness (QED) is 0.863. The third kappa shape index (κ3) is 3.95. The highest BCUT2D eigenvalue weighted by atomic mass is 32.2. The Bertz CT molecular complexity index is 619. The molecule has 4 nitrogen and oxygen atoms in total. The lowest BCUT2D eigenvalue weighted by Gasteiger charge is -2.21. The number of anilines is 2. The Hall–Kier alpha value is -2.08. The van der Waals surface area contributed by atoms with Crippen molar-refractivity contribution in [3.63, 3.8) is 0 Å². The van der Waals surface area contributed by atoms with Gasteiger partial charge in [-0.1, -0.05) is 0 Å². The molecule has 0 aliphatic carbocycles. The number of amides is 1. The first kappa shape index (κ1) is 15.3. The molecule has 1 aromatic carbocycles. The summed E-state index contributed by atoms with van der Waals surface area (Å²) in [6.45, 7) is 2.41. The smallest absolute Gasteiger partial charge is 0.237 e. The molecule has 0 fully saturated rings. The maximum atomic E-state index is 12.9. The summed E-state index contributed by atoms with van der Waals surface area (Å²) in [5.74, 6) is -0.106. The molecule has 1 heterocycles. The molecule has 0 saturated heterocycles. The van der Waals surface area contributed by atoms with Gasteiger partial charge in [0.05, 0.1) is 17.6 Å². The maximum absolute atomic E-state index is 12.9. The molecule has 0 atom stereocenters. The van der Waals surface area contributed by atoms with Crippen molar-refractivity contribution in [2.45, 2.75) is 11.8 Å². The van der Waals surface area contributed by atoms with Gasteiger partial charge < -0.3 is 10.6 Å². The molecule has 0 saturated carbocycles. The van der Waals surface area contributed by atoms with Crippen LogP contribution in [-0.2, 0) is 4.79 Å². The molecule has 0 radical (unpaired) electrons. The number of halogens is 1. The van der Waals surface area contributed by atoms with Crippen molar-refractivity contribution in [1.82, 2.24) is 4.98 Å². The van der Waals surface area contributed by atoms with Gasteiger partial charge in [0, 0.05) is 23.3 Å². The molecular weight excluding hydrogens is 289 g/mol. The number of benzene rings is 1. The highest BCUT2D eigenvalue weighted by molar-refractivity contribution is 8.00. The molecule has 0 aliphatic heterocycles. The van der Waals surface area contributed by atoms with Crippen LogP contribution in [0.1, 0.15) is 6.92 Å². The number of rotatable bonds is 5. The Morgan fingerprint density at radius 3 is 2.67 bits per heavy atom. The summed E-state index contributed by atoms with van der Waals surface area (Å²) in [6.07, 6.45) is 3.20. The maximum Gasteiger partial charge on any atom is 0.237 e. The zero-order valence-electron chi connectivity index (χ0n) is 11.6. The lowest BCUT2D eigenvalue weighted by atomic mass is 10.3. The SMILES string of the molecule is CCN(C(=O)CSc1ccncc1N)c1ccc(F)cc1. The summed E-state index contributed by atoms with van der Waals surface area (Å²) in [6, 6.07) is 7.67. The minimum atomic E-state index is -0.318. The van der Waals surface area contributed by atoms with E-state index in [1.807, 2.05) is 6.92 Å². The zero-order valence-corrected chi connectivity index (χ0v) is 12.4. The van der Waals surface area contributed by atoms with Crippen molar-refractivity contribution >= 4 is 29.0 Å². The first-order valence-electron chi connectivity index (χ1n) is 6.50. The van der Waals surface area contributed by atoms with E-state index in [-0.39, 0.29) is 17.5 Å². The normalized spacial score (nSPS) is 10.4. The van der Waals surface area contributed by atoms with Crippen LogP contribution in [0.4, 0.5) is 15.8 Å². The molecule has 0 aliphatic rings. The summed E-state index contributed by atoms with van der Waals surface area (Å²) < 4.78 is 12.9. The van der Waals surface area contributed by atoms with Crippen LogP contribution in [0.15, 0.2) is 47.6 Å². The number of thioether (sulfide) groups is 1. The van der Waals surface area contributed by atoms with E-state index in [1.54, 1.807) is 35.5 Å². The molecule has 0 bridgehead atoms. The first-order chi connectivity index (χ1) is 10.1. The van der Waals surface area contributed by atoms with Crippen molar-refractivity contribution < 1.29 is 9.18 Å². The van der Waals surface area contributed by atoms with Crippen molar-refractivity contribution in [3.8, 4) is 0 Å². The topological polar surface area (TPSA) is 59.2 Å². The van der Waals surface area contributed by atoms with Crippen LogP contribution in [0.3, 0.4) is 0 Å². The van der Waals surface area contributed by atoms with Gasteiger partial charge in [-0.15, -0.1) is 11.8 Å². The molecule has 21 heavy (non-hydrogen) atoms. The number of nitrogens with two attached hydrogens (primary N) is 1. The number of hydrogen-bond donors (Lipinski definition) is 1. The minimum Gasteiger partial charge on any atom is -0.397 e. The van der Waals surface area contributed by atoms with E-state index in [2.05, 4.69) is 4.98 Å². The molecule has 2 rings (SSSR count). The fourth-order valence-electron chi connectivity index (χ4n) is 1.87. The van der Waals surface area contributed by atoms with E-state index >= 15 is 0 Å². The average molecular weight is 305 g/mol. The van der Waals surface area contributed by atoms with Crippen molar-refractivity contribution in [2.75, 3.05) is 22.9 Å². The largest absolute Gasteiger partial charge is 0.397 e. The molecule has 1 aromatic heterocycles. The van der Waals surface area contributed by atoms with Gasteiger partial charge in [0.1, 0.15) is 5.82 Å². The van der Waals surface area contributed by atoms with Gasteiger partial charge in [0.25, 0.3) is 0 Å². The van der Waals surface area contributed by atoms with E-state index in [0.29, 0.717) is 17.9 Å². The molecule has 6 heteroatoms. The lowest BCUT2D eigenvalue weighted by Crippen LogP contribution is -2.32. The Labute approximate surface area is 127 Å². The summed E-state index contributed by atoms with van der Waals surface area (Å²) in [5.41, 5.74) is 7.04. The van der Waals surface area contributed by atoms with Gasteiger partial charge in [-0.05, 0) is 37.3 Å². The molecule has 2 N–H and O–H groups in total. The lowest BCUT2D eigenvalue weighted by molar-refractivity contribution is -0.116. The van der Waals surface area contributed by atoms with Crippen LogP contribution < -0.4 is 10.6 Å². The minimum absolute atomic E-state index is 0.0506. The van der Waals surface area contributed by atoms with Gasteiger partial charge >= 0.3 is 0 Å². The predicted molar refractivity (Wildman–Crippen MR) is 83.8 cm³/mol. The molecule has 0 spiro atoms. The Morgan fingerprint density at radius 2 is 2.05 bits per heavy atom. The van der Waals surface area contributed by atoms with Gasteiger partial charge in [-0.25, -0.2) is 4.39 Å². The number of nitrogen functional groups attached to an aromatic ring is 1. The standard InChI is InChI=1S/C15H16FN3OS/c1-2-19(12-5-3-11(16)4-6-12)15(20)10-21-14-7-8-18-9-13(14)17/h3-9H,2,10,17H2,1H3. The number of carbonyl (C=O) groups excluding carboxylic acids is 1. The second kappa shape index (κ2) is 7.08. The number of pyridine rings is 1. The van der Waals surface area contributed by atoms with Crippen molar-refractivity contribution in [2.24, 2.45) is 0 Å². The molecule has 0 unspecified atom stereocenters. The van der Waals surface area contributed by atoms with E-state index in [9.17, 15) is 9.18 Å². The number of hydrogen-bond acceptors (Lipinski definition) is 4. The van der Waals surface area contributed by atoms with Crippen LogP contribution in [0, 0.1) is 5.82 Å². The second-order valence-corrected chi connectivity index (χ2v) is 5.33. The van der Waals surface area contributed by atoms with Crippen LogP contribution in [0.5, 0.6) is 0 Å². The molecule has 110 valence electrons. The van der Waals surface area contributed by atoms with Crippen LogP contribution in [0.2, 0.25) is 0 Å². The summed E-state index contributed by atoms with van der Waals surface area (Å²) >= 11 is 1.37. The third-order valence-electron chi connectivity index (χ3n) is 2.92. The number of aromatic nitrogens is 1. The number of carbonyl (C=O) groups is 1. The van der Waals surface area contributed by atoms with Gasteiger partial charge in [-0.2, -0.15) is 0 Å². The zero-order chi connectivity index (χ0) is 15.2. The second-order valence-electron chi connectivity index (χ2n) is 4.32. The van der Waals surface area contributed by atoms with E-state index in [4.69, 9.17) is 5.73 Å². The summed E-state index contributed by atoms with van der Waals surface area (Å²) in [4.78, 5) is 18.7. The highest BCUT2D eigenvalue weighted by Crippen LogP contribution is 2.24. The first-order valence-corrected chi connectivity index (χ1v) is 7.48. The summed E-state index contributed by atoms with van der Waals surface area (Å²) in [5, 5.41) is 0. The third-order valence-corrected chi connectivity index (χ3v) is 3.99. The number of nitrogens with zero attached hydrogens (tertiary/aromatic N) is 2. The van der Waals surface area contributed by atoms with E-state index < -0.39 is 0 Å². The molecular formula is C15H16FN3OS. The van der Waals surface area contributed by atoms with Crippen LogP contribution in [0.25, 0.3) is 0 Å². The fraction of sp³-hybridized carbons (Fsp3) is 0.200. The Balaban J connectivity index is 2.04. The summed E-state index contributed by atoms with van der Waals surface area (Å²) in [7, 11) is 0. The van der Waals surface area contributed by atoms with E-state index in [1.165, 1.54) is 23.9 Å². The molecule has 2 aromatic rings. The predicted octanol–water partition coefficient (Wildman–Crippen LogP) is 2.95. The van der Waals surface area contributed by atoms with Crippen LogP contribution >= 0.6 is 11.8 Å². The van der Waals surface area contributed by atoms with Gasteiger partial charge in [-0.3, -0.25) is 9.78 Å². The fourth-order valence-corrected chi connectivity index (χ4v) is 2.68. The average Bonchev–Trinajstić information content (AvgIpc) is 2.49.